The Balaban J connectivity index is 1.92. The van der Waals surface area contributed by atoms with Crippen molar-refractivity contribution in [3.8, 4) is 0 Å². The van der Waals surface area contributed by atoms with E-state index in [-0.39, 0.29) is 18.7 Å². The summed E-state index contributed by atoms with van der Waals surface area (Å²) in [5.74, 6) is -2.30. The lowest BCUT2D eigenvalue weighted by Crippen LogP contribution is -2.30. The Morgan fingerprint density at radius 2 is 1.90 bits per heavy atom. The van der Waals surface area contributed by atoms with Crippen molar-refractivity contribution in [3.05, 3.63) is 42.2 Å². The fraction of sp³-hybridized carbons (Fsp3) is 0.368. The molecule has 0 spiro atoms. The van der Waals surface area contributed by atoms with Crippen molar-refractivity contribution in [2.24, 2.45) is 0 Å². The number of hydrogen-bond donors (Lipinski definition) is 3. The van der Waals surface area contributed by atoms with Crippen LogP contribution in [0.4, 0.5) is 11.4 Å². The van der Waals surface area contributed by atoms with Crippen LogP contribution >= 0.6 is 0 Å². The van der Waals surface area contributed by atoms with E-state index in [1.54, 1.807) is 25.1 Å². The molecule has 1 atom stereocenters. The molecule has 29 heavy (non-hydrogen) atoms. The van der Waals surface area contributed by atoms with Gasteiger partial charge in [0.25, 0.3) is 0 Å². The predicted octanol–water partition coefficient (Wildman–Crippen LogP) is 0.560. The molecular formula is C19H25N5O5. The van der Waals surface area contributed by atoms with Gasteiger partial charge in [0.05, 0.1) is 36.7 Å². The Morgan fingerprint density at radius 1 is 1.21 bits per heavy atom. The highest BCUT2D eigenvalue weighted by atomic mass is 16.5. The van der Waals surface area contributed by atoms with Crippen LogP contribution in [0.15, 0.2) is 36.7 Å². The third-order valence-electron chi connectivity index (χ3n) is 3.70. The van der Waals surface area contributed by atoms with E-state index in [2.05, 4.69) is 15.7 Å². The first-order chi connectivity index (χ1) is 13.8. The first-order valence-electron chi connectivity index (χ1n) is 9.03. The van der Waals surface area contributed by atoms with Gasteiger partial charge in [-0.15, -0.1) is 0 Å². The van der Waals surface area contributed by atoms with Crippen molar-refractivity contribution in [1.29, 1.82) is 0 Å². The lowest BCUT2D eigenvalue weighted by atomic mass is 10.2. The maximum Gasteiger partial charge on any atom is 0.338 e. The number of nitrogens with zero attached hydrogens (tertiary/aromatic N) is 3. The second-order valence-electron chi connectivity index (χ2n) is 6.58. The van der Waals surface area contributed by atoms with Crippen LogP contribution in [-0.2, 0) is 20.9 Å². The maximum absolute atomic E-state index is 12.1. The number of aliphatic hydroxyl groups excluding tert-OH is 1. The number of aliphatic hydroxyl groups is 1. The van der Waals surface area contributed by atoms with Gasteiger partial charge >= 0.3 is 17.8 Å². The zero-order valence-electron chi connectivity index (χ0n) is 16.6. The summed E-state index contributed by atoms with van der Waals surface area (Å²) >= 11 is 0. The Morgan fingerprint density at radius 3 is 2.55 bits per heavy atom. The Hall–Kier alpha value is -3.24. The molecule has 1 heterocycles. The molecule has 10 nitrogen and oxygen atoms in total. The van der Waals surface area contributed by atoms with Crippen LogP contribution in [-0.4, -0.2) is 70.9 Å². The molecular weight excluding hydrogens is 378 g/mol. The summed E-state index contributed by atoms with van der Waals surface area (Å²) in [7, 11) is 3.69. The number of nitrogens with one attached hydrogen (secondary N) is 2. The van der Waals surface area contributed by atoms with Gasteiger partial charge in [0, 0.05) is 18.4 Å². The van der Waals surface area contributed by atoms with Crippen molar-refractivity contribution < 1.29 is 24.2 Å². The van der Waals surface area contributed by atoms with Crippen LogP contribution in [0.25, 0.3) is 0 Å². The SMILES string of the molecule is CCOC(=O)c1cccc(NC(=O)C(=O)Nc2cnn(CC(O)CN(C)C)c2)c1. The molecule has 2 aromatic rings. The van der Waals surface area contributed by atoms with E-state index in [0.717, 1.165) is 0 Å². The second kappa shape index (κ2) is 10.3. The molecule has 0 aliphatic carbocycles. The minimum atomic E-state index is -0.897. The summed E-state index contributed by atoms with van der Waals surface area (Å²) in [6.07, 6.45) is 2.28. The molecule has 156 valence electrons. The summed E-state index contributed by atoms with van der Waals surface area (Å²) < 4.78 is 6.38. The van der Waals surface area contributed by atoms with Crippen molar-refractivity contribution in [1.82, 2.24) is 14.7 Å². The minimum absolute atomic E-state index is 0.234. The van der Waals surface area contributed by atoms with Gasteiger partial charge < -0.3 is 25.4 Å². The van der Waals surface area contributed by atoms with E-state index in [4.69, 9.17) is 4.74 Å². The van der Waals surface area contributed by atoms with Gasteiger partial charge in [-0.1, -0.05) is 6.07 Å². The number of aromatic nitrogens is 2. The summed E-state index contributed by atoms with van der Waals surface area (Å²) in [5.41, 5.74) is 0.878. The molecule has 0 bridgehead atoms. The normalized spacial score (nSPS) is 11.8. The molecule has 1 aromatic carbocycles. The fourth-order valence-corrected chi connectivity index (χ4v) is 2.54. The molecule has 3 N–H and O–H groups in total. The van der Waals surface area contributed by atoms with Gasteiger partial charge in [-0.3, -0.25) is 14.3 Å². The zero-order chi connectivity index (χ0) is 21.4. The van der Waals surface area contributed by atoms with Crippen molar-refractivity contribution >= 4 is 29.2 Å². The maximum atomic E-state index is 12.1. The topological polar surface area (TPSA) is 126 Å². The Bertz CT molecular complexity index is 864. The average molecular weight is 403 g/mol. The predicted molar refractivity (Wildman–Crippen MR) is 106 cm³/mol. The van der Waals surface area contributed by atoms with E-state index < -0.39 is 23.9 Å². The average Bonchev–Trinajstić information content (AvgIpc) is 3.08. The Kier molecular flexibility index (Phi) is 7.87. The molecule has 0 aliphatic rings. The number of amides is 2. The third-order valence-corrected chi connectivity index (χ3v) is 3.70. The van der Waals surface area contributed by atoms with Gasteiger partial charge in [0.15, 0.2) is 0 Å². The number of anilines is 2. The highest BCUT2D eigenvalue weighted by molar-refractivity contribution is 6.43. The molecule has 1 aromatic heterocycles. The number of esters is 1. The third kappa shape index (κ3) is 7.01. The van der Waals surface area contributed by atoms with Crippen LogP contribution in [0.1, 0.15) is 17.3 Å². The largest absolute Gasteiger partial charge is 0.462 e. The molecule has 0 saturated heterocycles. The number of hydrogen-bond acceptors (Lipinski definition) is 7. The first-order valence-corrected chi connectivity index (χ1v) is 9.03. The number of rotatable bonds is 8. The number of carbonyl (C=O) groups excluding carboxylic acids is 3. The zero-order valence-corrected chi connectivity index (χ0v) is 16.6. The molecule has 2 rings (SSSR count). The standard InChI is InChI=1S/C19H25N5O5/c1-4-29-19(28)13-6-5-7-14(8-13)21-17(26)18(27)22-15-9-20-24(10-15)12-16(25)11-23(2)3/h5-10,16,25H,4,11-12H2,1-3H3,(H,21,26)(H,22,27). The van der Waals surface area contributed by atoms with Crippen molar-refractivity contribution in [2.45, 2.75) is 19.6 Å². The molecule has 0 radical (unpaired) electrons. The van der Waals surface area contributed by atoms with Crippen LogP contribution in [0.5, 0.6) is 0 Å². The van der Waals surface area contributed by atoms with Gasteiger partial charge in [-0.05, 0) is 39.2 Å². The molecule has 10 heteroatoms. The molecule has 1 unspecified atom stereocenters. The number of likely N-dealkylation sites (N-methyl/N-ethyl adjacent to an activating group) is 1. The Labute approximate surface area is 168 Å². The lowest BCUT2D eigenvalue weighted by molar-refractivity contribution is -0.132. The van der Waals surface area contributed by atoms with E-state index >= 15 is 0 Å². The number of carbonyl (C=O) groups is 3. The summed E-state index contributed by atoms with van der Waals surface area (Å²) in [4.78, 5) is 37.8. The van der Waals surface area contributed by atoms with Crippen molar-refractivity contribution in [3.63, 3.8) is 0 Å². The van der Waals surface area contributed by atoms with Crippen molar-refractivity contribution in [2.75, 3.05) is 37.9 Å². The fourth-order valence-electron chi connectivity index (χ4n) is 2.54. The first kappa shape index (κ1) is 22.1. The summed E-state index contributed by atoms with van der Waals surface area (Å²) in [6, 6.07) is 6.10. The van der Waals surface area contributed by atoms with Crippen LogP contribution in [0.3, 0.4) is 0 Å². The minimum Gasteiger partial charge on any atom is -0.462 e. The highest BCUT2D eigenvalue weighted by Crippen LogP contribution is 2.12. The molecule has 2 amide bonds. The lowest BCUT2D eigenvalue weighted by Gasteiger charge is -2.15. The van der Waals surface area contributed by atoms with E-state index in [1.807, 2.05) is 19.0 Å². The van der Waals surface area contributed by atoms with E-state index in [9.17, 15) is 19.5 Å². The van der Waals surface area contributed by atoms with Gasteiger partial charge in [0.2, 0.25) is 0 Å². The van der Waals surface area contributed by atoms with Gasteiger partial charge in [-0.25, -0.2) is 4.79 Å². The monoisotopic (exact) mass is 403 g/mol. The number of benzene rings is 1. The number of ether oxygens (including phenoxy) is 1. The van der Waals surface area contributed by atoms with Crippen LogP contribution < -0.4 is 10.6 Å². The summed E-state index contributed by atoms with van der Waals surface area (Å²) in [5, 5.41) is 18.8. The molecule has 0 aliphatic heterocycles. The second-order valence-corrected chi connectivity index (χ2v) is 6.58. The quantitative estimate of drug-likeness (QED) is 0.434. The summed E-state index contributed by atoms with van der Waals surface area (Å²) in [6.45, 7) is 2.65. The van der Waals surface area contributed by atoms with Crippen LogP contribution in [0, 0.1) is 0 Å². The van der Waals surface area contributed by atoms with Gasteiger partial charge in [-0.2, -0.15) is 5.10 Å². The van der Waals surface area contributed by atoms with E-state index in [0.29, 0.717) is 17.9 Å². The van der Waals surface area contributed by atoms with E-state index in [1.165, 1.54) is 23.1 Å². The van der Waals surface area contributed by atoms with Gasteiger partial charge in [0.1, 0.15) is 0 Å². The molecule has 0 saturated carbocycles. The smallest absolute Gasteiger partial charge is 0.338 e. The van der Waals surface area contributed by atoms with Crippen LogP contribution in [0.2, 0.25) is 0 Å². The highest BCUT2D eigenvalue weighted by Gasteiger charge is 2.16. The molecule has 0 fully saturated rings.